The summed E-state index contributed by atoms with van der Waals surface area (Å²) >= 11 is 0. The normalized spacial score (nSPS) is 39.8. The highest BCUT2D eigenvalue weighted by Gasteiger charge is 2.45. The highest BCUT2D eigenvalue weighted by atomic mass is 15.2. The molecule has 0 aromatic heterocycles. The number of nitrogens with one attached hydrogen (secondary N) is 1. The average Bonchev–Trinajstić information content (AvgIpc) is 3.19. The van der Waals surface area contributed by atoms with Crippen molar-refractivity contribution in [2.24, 2.45) is 5.92 Å². The van der Waals surface area contributed by atoms with Gasteiger partial charge in [-0.05, 0) is 58.4 Å². The fourth-order valence-electron chi connectivity index (χ4n) is 4.40. The highest BCUT2D eigenvalue weighted by molar-refractivity contribution is 5.03. The van der Waals surface area contributed by atoms with Crippen molar-refractivity contribution in [2.45, 2.75) is 89.3 Å². The summed E-state index contributed by atoms with van der Waals surface area (Å²) in [6.45, 7) is 7.47. The van der Waals surface area contributed by atoms with E-state index in [1.165, 1.54) is 70.9 Å². The second-order valence-corrected chi connectivity index (χ2v) is 7.57. The van der Waals surface area contributed by atoms with Crippen LogP contribution in [0.3, 0.4) is 0 Å². The van der Waals surface area contributed by atoms with E-state index in [-0.39, 0.29) is 0 Å². The molecule has 0 aromatic rings. The average molecular weight is 264 g/mol. The monoisotopic (exact) mass is 264 g/mol. The first kappa shape index (κ1) is 13.9. The van der Waals surface area contributed by atoms with Gasteiger partial charge in [0, 0.05) is 24.2 Å². The molecule has 3 aliphatic rings. The van der Waals surface area contributed by atoms with Crippen LogP contribution in [0.2, 0.25) is 0 Å². The molecule has 2 saturated carbocycles. The Morgan fingerprint density at radius 1 is 0.947 bits per heavy atom. The Kier molecular flexibility index (Phi) is 4.19. The van der Waals surface area contributed by atoms with Gasteiger partial charge in [-0.1, -0.05) is 25.7 Å². The molecular weight excluding hydrogens is 232 g/mol. The molecule has 3 rings (SSSR count). The van der Waals surface area contributed by atoms with Gasteiger partial charge in [-0.25, -0.2) is 0 Å². The lowest BCUT2D eigenvalue weighted by atomic mass is 9.93. The summed E-state index contributed by atoms with van der Waals surface area (Å²) in [4.78, 5) is 2.89. The fourth-order valence-corrected chi connectivity index (χ4v) is 4.40. The van der Waals surface area contributed by atoms with Crippen LogP contribution < -0.4 is 5.32 Å². The topological polar surface area (TPSA) is 15.3 Å². The van der Waals surface area contributed by atoms with E-state index < -0.39 is 0 Å². The van der Waals surface area contributed by atoms with Crippen molar-refractivity contribution in [3.8, 4) is 0 Å². The first-order valence-electron chi connectivity index (χ1n) is 8.70. The summed E-state index contributed by atoms with van der Waals surface area (Å²) in [7, 11) is 0. The Hall–Kier alpha value is -0.0800. The van der Waals surface area contributed by atoms with E-state index >= 15 is 0 Å². The number of rotatable bonds is 2. The van der Waals surface area contributed by atoms with E-state index in [0.29, 0.717) is 5.54 Å². The zero-order valence-corrected chi connectivity index (χ0v) is 13.0. The molecule has 0 amide bonds. The van der Waals surface area contributed by atoms with E-state index in [1.54, 1.807) is 0 Å². The van der Waals surface area contributed by atoms with Crippen LogP contribution in [0.25, 0.3) is 0 Å². The maximum absolute atomic E-state index is 3.89. The summed E-state index contributed by atoms with van der Waals surface area (Å²) in [5, 5.41) is 3.89. The third-order valence-corrected chi connectivity index (χ3v) is 5.94. The summed E-state index contributed by atoms with van der Waals surface area (Å²) in [6.07, 6.45) is 13.0. The molecule has 1 saturated heterocycles. The Labute approximate surface area is 119 Å². The second kappa shape index (κ2) is 5.73. The maximum Gasteiger partial charge on any atom is 0.0308 e. The third kappa shape index (κ3) is 3.16. The van der Waals surface area contributed by atoms with Crippen molar-refractivity contribution < 1.29 is 0 Å². The number of hydrogen-bond acceptors (Lipinski definition) is 2. The minimum Gasteiger partial charge on any atom is -0.310 e. The van der Waals surface area contributed by atoms with Crippen LogP contribution in [0.15, 0.2) is 0 Å². The van der Waals surface area contributed by atoms with E-state index in [2.05, 4.69) is 24.1 Å². The molecule has 0 radical (unpaired) electrons. The second-order valence-electron chi connectivity index (χ2n) is 7.57. The molecule has 3 fully saturated rings. The summed E-state index contributed by atoms with van der Waals surface area (Å²) in [5.41, 5.74) is 0.400. The zero-order valence-electron chi connectivity index (χ0n) is 13.0. The lowest BCUT2D eigenvalue weighted by Crippen LogP contribution is -2.54. The molecule has 2 atom stereocenters. The van der Waals surface area contributed by atoms with E-state index in [4.69, 9.17) is 0 Å². The van der Waals surface area contributed by atoms with Gasteiger partial charge in [0.2, 0.25) is 0 Å². The van der Waals surface area contributed by atoms with Crippen molar-refractivity contribution in [3.63, 3.8) is 0 Å². The van der Waals surface area contributed by atoms with E-state index in [1.807, 2.05) is 0 Å². The Morgan fingerprint density at radius 3 is 2.26 bits per heavy atom. The van der Waals surface area contributed by atoms with Crippen LogP contribution >= 0.6 is 0 Å². The fraction of sp³-hybridized carbons (Fsp3) is 1.00. The van der Waals surface area contributed by atoms with E-state index in [0.717, 1.165) is 18.0 Å². The van der Waals surface area contributed by atoms with Gasteiger partial charge in [-0.3, -0.25) is 4.90 Å². The highest BCUT2D eigenvalue weighted by Crippen LogP contribution is 2.41. The third-order valence-electron chi connectivity index (χ3n) is 5.94. The molecule has 1 N–H and O–H groups in total. The minimum absolute atomic E-state index is 0.400. The molecule has 19 heavy (non-hydrogen) atoms. The van der Waals surface area contributed by atoms with Crippen LogP contribution in [0.1, 0.15) is 71.6 Å². The summed E-state index contributed by atoms with van der Waals surface area (Å²) < 4.78 is 0. The molecule has 2 unspecified atom stereocenters. The van der Waals surface area contributed by atoms with Gasteiger partial charge in [-0.2, -0.15) is 0 Å². The standard InChI is InChI=1S/C17H32N2/c1-14-11-12-18-17(2,15-9-10-15)13-19(14)16-7-5-3-4-6-8-16/h14-16,18H,3-13H2,1-2H3. The minimum atomic E-state index is 0.400. The SMILES string of the molecule is CC1CCNC(C)(C2CC2)CN1C1CCCCCC1. The number of nitrogens with zero attached hydrogens (tertiary/aromatic N) is 1. The van der Waals surface area contributed by atoms with Gasteiger partial charge in [0.1, 0.15) is 0 Å². The molecular formula is C17H32N2. The van der Waals surface area contributed by atoms with Gasteiger partial charge in [0.25, 0.3) is 0 Å². The molecule has 1 heterocycles. The summed E-state index contributed by atoms with van der Waals surface area (Å²) in [6, 6.07) is 1.65. The largest absolute Gasteiger partial charge is 0.310 e. The van der Waals surface area contributed by atoms with Gasteiger partial charge in [-0.15, -0.1) is 0 Å². The molecule has 2 aliphatic carbocycles. The Balaban J connectivity index is 1.72. The molecule has 0 bridgehead atoms. The molecule has 2 nitrogen and oxygen atoms in total. The van der Waals surface area contributed by atoms with Gasteiger partial charge in [0.05, 0.1) is 0 Å². The Bertz CT molecular complexity index is 292. The van der Waals surface area contributed by atoms with Crippen LogP contribution in [-0.2, 0) is 0 Å². The van der Waals surface area contributed by atoms with Crippen LogP contribution in [0.5, 0.6) is 0 Å². The lowest BCUT2D eigenvalue weighted by molar-refractivity contribution is 0.100. The molecule has 0 aromatic carbocycles. The van der Waals surface area contributed by atoms with Crippen molar-refractivity contribution in [1.29, 1.82) is 0 Å². The predicted octanol–water partition coefficient (Wildman–Crippen LogP) is 3.56. The van der Waals surface area contributed by atoms with Crippen LogP contribution in [0, 0.1) is 5.92 Å². The van der Waals surface area contributed by atoms with Gasteiger partial charge in [0.15, 0.2) is 0 Å². The maximum atomic E-state index is 3.89. The van der Waals surface area contributed by atoms with Crippen molar-refractivity contribution in [1.82, 2.24) is 10.2 Å². The predicted molar refractivity (Wildman–Crippen MR) is 81.4 cm³/mol. The van der Waals surface area contributed by atoms with Crippen LogP contribution in [-0.4, -0.2) is 35.6 Å². The Morgan fingerprint density at radius 2 is 1.63 bits per heavy atom. The molecule has 0 spiro atoms. The smallest absolute Gasteiger partial charge is 0.0308 e. The van der Waals surface area contributed by atoms with Crippen molar-refractivity contribution in [2.75, 3.05) is 13.1 Å². The van der Waals surface area contributed by atoms with Gasteiger partial charge < -0.3 is 5.32 Å². The summed E-state index contributed by atoms with van der Waals surface area (Å²) in [5.74, 6) is 0.950. The van der Waals surface area contributed by atoms with Crippen molar-refractivity contribution >= 4 is 0 Å². The van der Waals surface area contributed by atoms with Crippen molar-refractivity contribution in [3.05, 3.63) is 0 Å². The molecule has 1 aliphatic heterocycles. The first-order valence-corrected chi connectivity index (χ1v) is 8.70. The zero-order chi connectivity index (χ0) is 13.3. The molecule has 110 valence electrons. The van der Waals surface area contributed by atoms with Gasteiger partial charge >= 0.3 is 0 Å². The molecule has 2 heteroatoms. The quantitative estimate of drug-likeness (QED) is 0.767. The number of hydrogen-bond donors (Lipinski definition) is 1. The lowest BCUT2D eigenvalue weighted by Gasteiger charge is -2.40. The van der Waals surface area contributed by atoms with Crippen LogP contribution in [0.4, 0.5) is 0 Å². The van der Waals surface area contributed by atoms with E-state index in [9.17, 15) is 0 Å². The first-order chi connectivity index (χ1) is 9.19.